The standard InChI is InChI=1S/C24H25FN2O3S/c1-16-9-10-21-11-12-22(26-31(2,29)30)23(27(21)24(16)28)14-17-5-3-6-18(13-17)19-7-4-8-20(25)15-19/h3-10,13,15,22-23,26H,11-12,14H2,1-2H3. The number of halogens is 1. The molecule has 0 aliphatic carbocycles. The summed E-state index contributed by atoms with van der Waals surface area (Å²) < 4.78 is 42.2. The van der Waals surface area contributed by atoms with E-state index in [9.17, 15) is 17.6 Å². The molecule has 2 aromatic carbocycles. The van der Waals surface area contributed by atoms with Crippen LogP contribution in [0.5, 0.6) is 0 Å². The van der Waals surface area contributed by atoms with Crippen LogP contribution in [-0.2, 0) is 22.9 Å². The smallest absolute Gasteiger partial charge is 0.253 e. The van der Waals surface area contributed by atoms with E-state index in [-0.39, 0.29) is 23.5 Å². The zero-order chi connectivity index (χ0) is 22.2. The summed E-state index contributed by atoms with van der Waals surface area (Å²) >= 11 is 0. The second-order valence-corrected chi connectivity index (χ2v) is 9.98. The van der Waals surface area contributed by atoms with Gasteiger partial charge in [0.25, 0.3) is 5.56 Å². The summed E-state index contributed by atoms with van der Waals surface area (Å²) in [5.74, 6) is -0.302. The molecule has 0 radical (unpaired) electrons. The zero-order valence-corrected chi connectivity index (χ0v) is 18.3. The van der Waals surface area contributed by atoms with Crippen LogP contribution < -0.4 is 10.3 Å². The van der Waals surface area contributed by atoms with Crippen LogP contribution in [0.3, 0.4) is 0 Å². The predicted molar refractivity (Wildman–Crippen MR) is 120 cm³/mol. The van der Waals surface area contributed by atoms with Crippen molar-refractivity contribution in [3.8, 4) is 11.1 Å². The molecule has 0 saturated heterocycles. The number of fused-ring (bicyclic) bond motifs is 1. The normalized spacial score (nSPS) is 18.5. The van der Waals surface area contributed by atoms with E-state index in [1.165, 1.54) is 12.1 Å². The molecule has 0 saturated carbocycles. The maximum atomic E-state index is 13.7. The molecule has 0 spiro atoms. The number of sulfonamides is 1. The molecule has 2 unspecified atom stereocenters. The Bertz CT molecular complexity index is 1280. The topological polar surface area (TPSA) is 68.2 Å². The molecule has 0 fully saturated rings. The van der Waals surface area contributed by atoms with Crippen LogP contribution in [-0.4, -0.2) is 25.3 Å². The van der Waals surface area contributed by atoms with Crippen LogP contribution in [0.1, 0.15) is 29.3 Å². The van der Waals surface area contributed by atoms with Crippen molar-refractivity contribution in [3.05, 3.63) is 93.7 Å². The van der Waals surface area contributed by atoms with Gasteiger partial charge in [0.05, 0.1) is 12.3 Å². The molecular formula is C24H25FN2O3S. The van der Waals surface area contributed by atoms with Gasteiger partial charge < -0.3 is 4.57 Å². The molecule has 0 amide bonds. The maximum absolute atomic E-state index is 13.7. The number of nitrogens with zero attached hydrogens (tertiary/aromatic N) is 1. The van der Waals surface area contributed by atoms with Crippen molar-refractivity contribution in [1.29, 1.82) is 0 Å². The summed E-state index contributed by atoms with van der Waals surface area (Å²) in [5, 5.41) is 0. The Morgan fingerprint density at radius 1 is 1.06 bits per heavy atom. The van der Waals surface area contributed by atoms with Crippen LogP contribution in [0.25, 0.3) is 11.1 Å². The first-order valence-corrected chi connectivity index (χ1v) is 12.1. The largest absolute Gasteiger partial charge is 0.307 e. The summed E-state index contributed by atoms with van der Waals surface area (Å²) in [6, 6.07) is 17.2. The van der Waals surface area contributed by atoms with Crippen LogP contribution in [0.4, 0.5) is 4.39 Å². The van der Waals surface area contributed by atoms with Crippen LogP contribution in [0, 0.1) is 12.7 Å². The number of hydrogen-bond donors (Lipinski definition) is 1. The van der Waals surface area contributed by atoms with Crippen LogP contribution in [0.2, 0.25) is 0 Å². The first-order valence-electron chi connectivity index (χ1n) is 10.2. The van der Waals surface area contributed by atoms with Gasteiger partial charge in [0, 0.05) is 17.3 Å². The van der Waals surface area contributed by atoms with E-state index in [1.54, 1.807) is 17.6 Å². The van der Waals surface area contributed by atoms with Crippen molar-refractivity contribution in [2.24, 2.45) is 0 Å². The maximum Gasteiger partial charge on any atom is 0.253 e. The van der Waals surface area contributed by atoms with Gasteiger partial charge in [-0.1, -0.05) is 42.5 Å². The van der Waals surface area contributed by atoms with E-state index in [0.29, 0.717) is 24.8 Å². The Morgan fingerprint density at radius 3 is 2.48 bits per heavy atom. The summed E-state index contributed by atoms with van der Waals surface area (Å²) in [5.41, 5.74) is 4.04. The molecule has 1 aliphatic rings. The van der Waals surface area contributed by atoms with Crippen molar-refractivity contribution < 1.29 is 12.8 Å². The lowest BCUT2D eigenvalue weighted by Crippen LogP contribution is -2.48. The average molecular weight is 441 g/mol. The van der Waals surface area contributed by atoms with E-state index >= 15 is 0 Å². The Kier molecular flexibility index (Phi) is 5.81. The molecule has 4 rings (SSSR count). The number of nitrogens with one attached hydrogen (secondary N) is 1. The first-order chi connectivity index (χ1) is 14.7. The third kappa shape index (κ3) is 4.78. The van der Waals surface area contributed by atoms with Crippen LogP contribution in [0.15, 0.2) is 65.5 Å². The third-order valence-corrected chi connectivity index (χ3v) is 6.53. The minimum atomic E-state index is -3.44. The minimum Gasteiger partial charge on any atom is -0.307 e. The monoisotopic (exact) mass is 440 g/mol. The van der Waals surface area contributed by atoms with Crippen LogP contribution >= 0.6 is 0 Å². The Labute approximate surface area is 181 Å². The Hall–Kier alpha value is -2.77. The highest BCUT2D eigenvalue weighted by molar-refractivity contribution is 7.88. The highest BCUT2D eigenvalue weighted by Crippen LogP contribution is 2.29. The fourth-order valence-corrected chi connectivity index (χ4v) is 5.19. The average Bonchev–Trinajstić information content (AvgIpc) is 2.71. The quantitative estimate of drug-likeness (QED) is 0.659. The van der Waals surface area contributed by atoms with Gasteiger partial charge in [-0.3, -0.25) is 4.79 Å². The second kappa shape index (κ2) is 8.40. The summed E-state index contributed by atoms with van der Waals surface area (Å²) in [7, 11) is -3.44. The van der Waals surface area contributed by atoms with Gasteiger partial charge in [0.1, 0.15) is 5.82 Å². The summed E-state index contributed by atoms with van der Waals surface area (Å²) in [6.07, 6.45) is 2.86. The molecule has 1 aromatic heterocycles. The molecular weight excluding hydrogens is 415 g/mol. The number of aromatic nitrogens is 1. The lowest BCUT2D eigenvalue weighted by atomic mass is 9.90. The molecule has 162 valence electrons. The molecule has 5 nitrogen and oxygen atoms in total. The fraction of sp³-hybridized carbons (Fsp3) is 0.292. The molecule has 31 heavy (non-hydrogen) atoms. The van der Waals surface area contributed by atoms with Gasteiger partial charge in [0.15, 0.2) is 0 Å². The summed E-state index contributed by atoms with van der Waals surface area (Å²) in [4.78, 5) is 13.0. The predicted octanol–water partition coefficient (Wildman–Crippen LogP) is 3.61. The van der Waals surface area contributed by atoms with Crippen molar-refractivity contribution in [1.82, 2.24) is 9.29 Å². The highest BCUT2D eigenvalue weighted by Gasteiger charge is 2.32. The van der Waals surface area contributed by atoms with Gasteiger partial charge in [-0.2, -0.15) is 0 Å². The molecule has 1 N–H and O–H groups in total. The minimum absolute atomic E-state index is 0.0937. The van der Waals surface area contributed by atoms with Gasteiger partial charge >= 0.3 is 0 Å². The molecule has 2 atom stereocenters. The fourth-order valence-electron chi connectivity index (χ4n) is 4.37. The number of pyridine rings is 1. The molecule has 7 heteroatoms. The van der Waals surface area contributed by atoms with Gasteiger partial charge in [0.2, 0.25) is 10.0 Å². The molecule has 0 bridgehead atoms. The number of benzene rings is 2. The first kappa shape index (κ1) is 21.5. The third-order valence-electron chi connectivity index (χ3n) is 5.79. The van der Waals surface area contributed by atoms with Gasteiger partial charge in [-0.05, 0) is 61.1 Å². The van der Waals surface area contributed by atoms with Crippen molar-refractivity contribution in [2.45, 2.75) is 38.3 Å². The van der Waals surface area contributed by atoms with Gasteiger partial charge in [-0.15, -0.1) is 0 Å². The Balaban J connectivity index is 1.75. The number of hydrogen-bond acceptors (Lipinski definition) is 3. The number of aryl methyl sites for hydroxylation is 2. The van der Waals surface area contributed by atoms with Crippen molar-refractivity contribution in [2.75, 3.05) is 6.26 Å². The lowest BCUT2D eigenvalue weighted by molar-refractivity contribution is 0.315. The van der Waals surface area contributed by atoms with E-state index in [1.807, 2.05) is 42.5 Å². The van der Waals surface area contributed by atoms with E-state index in [4.69, 9.17) is 0 Å². The Morgan fingerprint density at radius 2 is 1.77 bits per heavy atom. The van der Waals surface area contributed by atoms with Crippen molar-refractivity contribution in [3.63, 3.8) is 0 Å². The molecule has 2 heterocycles. The lowest BCUT2D eigenvalue weighted by Gasteiger charge is -2.35. The molecule has 1 aliphatic heterocycles. The van der Waals surface area contributed by atoms with E-state index in [0.717, 1.165) is 28.6 Å². The van der Waals surface area contributed by atoms with Crippen molar-refractivity contribution >= 4 is 10.0 Å². The highest BCUT2D eigenvalue weighted by atomic mass is 32.2. The SMILES string of the molecule is Cc1ccc2n(c1=O)C(Cc1cccc(-c3cccc(F)c3)c1)C(NS(C)(=O)=O)CC2. The van der Waals surface area contributed by atoms with Gasteiger partial charge in [-0.25, -0.2) is 17.5 Å². The van der Waals surface area contributed by atoms with E-state index < -0.39 is 10.0 Å². The summed E-state index contributed by atoms with van der Waals surface area (Å²) in [6.45, 7) is 1.77. The number of rotatable bonds is 5. The second-order valence-electron chi connectivity index (χ2n) is 8.20. The van der Waals surface area contributed by atoms with E-state index in [2.05, 4.69) is 4.72 Å². The zero-order valence-electron chi connectivity index (χ0n) is 17.5. The molecule has 3 aromatic rings.